The van der Waals surface area contributed by atoms with Crippen molar-refractivity contribution in [1.29, 1.82) is 0 Å². The van der Waals surface area contributed by atoms with Gasteiger partial charge < -0.3 is 15.2 Å². The minimum atomic E-state index is -0.942. The Morgan fingerprint density at radius 2 is 1.90 bits per heavy atom. The number of ether oxygens (including phenoxy) is 2. The molecule has 0 heterocycles. The molecular weight excluding hydrogens is 266 g/mol. The van der Waals surface area contributed by atoms with E-state index in [1.165, 1.54) is 25.5 Å². The molecule has 0 spiro atoms. The van der Waals surface area contributed by atoms with Crippen LogP contribution in [-0.2, 0) is 16.0 Å². The van der Waals surface area contributed by atoms with Crippen molar-refractivity contribution in [1.82, 2.24) is 0 Å². The van der Waals surface area contributed by atoms with Crippen LogP contribution in [0, 0.1) is 0 Å². The van der Waals surface area contributed by atoms with E-state index in [2.05, 4.69) is 23.8 Å². The third-order valence-electron chi connectivity index (χ3n) is 3.50. The van der Waals surface area contributed by atoms with Crippen molar-refractivity contribution in [3.8, 4) is 5.75 Å². The van der Waals surface area contributed by atoms with Crippen LogP contribution in [0.2, 0.25) is 0 Å². The number of hydrogen-bond acceptors (Lipinski definition) is 4. The van der Waals surface area contributed by atoms with Crippen LogP contribution in [0.4, 0.5) is 0 Å². The Bertz CT molecular complexity index is 426. The summed E-state index contributed by atoms with van der Waals surface area (Å²) >= 11 is 0. The molecule has 1 aromatic carbocycles. The van der Waals surface area contributed by atoms with Crippen LogP contribution in [-0.4, -0.2) is 25.2 Å². The Morgan fingerprint density at radius 1 is 1.24 bits per heavy atom. The average molecular weight is 293 g/mol. The first-order valence-corrected chi connectivity index (χ1v) is 7.58. The molecule has 1 rings (SSSR count). The quantitative estimate of drug-likeness (QED) is 0.561. The van der Waals surface area contributed by atoms with Gasteiger partial charge in [0.2, 0.25) is 0 Å². The fraction of sp³-hybridized carbons (Fsp3) is 0.588. The van der Waals surface area contributed by atoms with Crippen LogP contribution < -0.4 is 10.5 Å². The maximum atomic E-state index is 11.4. The maximum Gasteiger partial charge on any atom is 0.325 e. The highest BCUT2D eigenvalue weighted by Gasteiger charge is 2.28. The summed E-state index contributed by atoms with van der Waals surface area (Å²) in [6, 6.07) is 8.19. The van der Waals surface area contributed by atoms with E-state index >= 15 is 0 Å². The molecule has 4 heteroatoms. The second-order valence-corrected chi connectivity index (χ2v) is 5.61. The molecule has 0 aromatic heterocycles. The number of rotatable bonds is 9. The van der Waals surface area contributed by atoms with Crippen molar-refractivity contribution >= 4 is 5.97 Å². The minimum Gasteiger partial charge on any atom is -0.494 e. The number of benzene rings is 1. The van der Waals surface area contributed by atoms with E-state index in [9.17, 15) is 4.79 Å². The highest BCUT2D eigenvalue weighted by molar-refractivity contribution is 5.79. The number of carbonyl (C=O) groups excluding carboxylic acids is 1. The zero-order chi connectivity index (χ0) is 15.7. The Balaban J connectivity index is 2.31. The second-order valence-electron chi connectivity index (χ2n) is 5.61. The molecule has 1 aromatic rings. The summed E-state index contributed by atoms with van der Waals surface area (Å²) < 4.78 is 10.3. The number of carbonyl (C=O) groups is 1. The molecule has 0 amide bonds. The second kappa shape index (κ2) is 8.67. The summed E-state index contributed by atoms with van der Waals surface area (Å²) in [6.07, 6.45) is 4.77. The van der Waals surface area contributed by atoms with Gasteiger partial charge in [-0.3, -0.25) is 4.79 Å². The Morgan fingerprint density at radius 3 is 2.48 bits per heavy atom. The van der Waals surface area contributed by atoms with Crippen molar-refractivity contribution in [2.75, 3.05) is 13.7 Å². The molecule has 0 fully saturated rings. The predicted molar refractivity (Wildman–Crippen MR) is 84.4 cm³/mol. The third kappa shape index (κ3) is 6.17. The molecule has 0 aliphatic heterocycles. The summed E-state index contributed by atoms with van der Waals surface area (Å²) in [5.74, 6) is 0.467. The van der Waals surface area contributed by atoms with Gasteiger partial charge in [-0.05, 0) is 50.3 Å². The monoisotopic (exact) mass is 293 g/mol. The number of methoxy groups -OCH3 is 1. The molecule has 0 aliphatic rings. The van der Waals surface area contributed by atoms with E-state index in [0.29, 0.717) is 19.4 Å². The molecule has 1 atom stereocenters. The fourth-order valence-corrected chi connectivity index (χ4v) is 2.10. The van der Waals surface area contributed by atoms with Crippen LogP contribution in [0.1, 0.15) is 45.1 Å². The van der Waals surface area contributed by atoms with E-state index in [1.54, 1.807) is 6.92 Å². The van der Waals surface area contributed by atoms with Gasteiger partial charge in [0.25, 0.3) is 0 Å². The predicted octanol–water partition coefficient (Wildman–Crippen LogP) is 3.08. The summed E-state index contributed by atoms with van der Waals surface area (Å²) in [7, 11) is 1.35. The maximum absolute atomic E-state index is 11.4. The zero-order valence-electron chi connectivity index (χ0n) is 13.4. The van der Waals surface area contributed by atoms with E-state index < -0.39 is 5.54 Å². The van der Waals surface area contributed by atoms with Crippen molar-refractivity contribution in [2.24, 2.45) is 5.73 Å². The van der Waals surface area contributed by atoms with Crippen molar-refractivity contribution in [2.45, 2.75) is 51.5 Å². The smallest absolute Gasteiger partial charge is 0.325 e. The number of unbranched alkanes of at least 4 members (excludes halogenated alkanes) is 1. The molecule has 0 saturated carbocycles. The van der Waals surface area contributed by atoms with E-state index in [0.717, 1.165) is 12.2 Å². The molecule has 1 unspecified atom stereocenters. The highest BCUT2D eigenvalue weighted by atomic mass is 16.5. The van der Waals surface area contributed by atoms with Gasteiger partial charge in [0, 0.05) is 0 Å². The van der Waals surface area contributed by atoms with E-state index in [1.807, 2.05) is 12.1 Å². The number of esters is 1. The van der Waals surface area contributed by atoms with Crippen LogP contribution in [0.3, 0.4) is 0 Å². The van der Waals surface area contributed by atoms with Crippen molar-refractivity contribution in [3.05, 3.63) is 29.8 Å². The Hall–Kier alpha value is -1.55. The number of nitrogens with two attached hydrogens (primary N) is 1. The van der Waals surface area contributed by atoms with Gasteiger partial charge in [-0.25, -0.2) is 0 Å². The fourth-order valence-electron chi connectivity index (χ4n) is 2.10. The topological polar surface area (TPSA) is 61.5 Å². The Labute approximate surface area is 127 Å². The van der Waals surface area contributed by atoms with Crippen LogP contribution in [0.15, 0.2) is 24.3 Å². The lowest BCUT2D eigenvalue weighted by Gasteiger charge is -2.21. The molecule has 4 nitrogen and oxygen atoms in total. The summed E-state index contributed by atoms with van der Waals surface area (Å²) in [4.78, 5) is 11.4. The van der Waals surface area contributed by atoms with Crippen LogP contribution in [0.25, 0.3) is 0 Å². The molecule has 0 radical (unpaired) electrons. The lowest BCUT2D eigenvalue weighted by molar-refractivity contribution is -0.146. The summed E-state index contributed by atoms with van der Waals surface area (Å²) in [6.45, 7) is 4.41. The summed E-state index contributed by atoms with van der Waals surface area (Å²) in [5, 5.41) is 0. The van der Waals surface area contributed by atoms with Crippen molar-refractivity contribution in [3.63, 3.8) is 0 Å². The van der Waals surface area contributed by atoms with Gasteiger partial charge >= 0.3 is 5.97 Å². The van der Waals surface area contributed by atoms with E-state index in [4.69, 9.17) is 10.5 Å². The molecule has 0 aliphatic carbocycles. The molecule has 0 saturated heterocycles. The Kier molecular flexibility index (Phi) is 7.23. The minimum absolute atomic E-state index is 0.386. The van der Waals surface area contributed by atoms with E-state index in [-0.39, 0.29) is 5.97 Å². The van der Waals surface area contributed by atoms with Crippen molar-refractivity contribution < 1.29 is 14.3 Å². The van der Waals surface area contributed by atoms with Gasteiger partial charge in [0.1, 0.15) is 11.3 Å². The van der Waals surface area contributed by atoms with Gasteiger partial charge in [-0.2, -0.15) is 0 Å². The molecule has 118 valence electrons. The first kappa shape index (κ1) is 17.5. The SMILES string of the molecule is CCCCc1ccc(OCCCC(C)(N)C(=O)OC)cc1. The molecule has 21 heavy (non-hydrogen) atoms. The van der Waals surface area contributed by atoms with Crippen LogP contribution in [0.5, 0.6) is 5.75 Å². The molecular formula is C17H27NO3. The third-order valence-corrected chi connectivity index (χ3v) is 3.50. The first-order chi connectivity index (χ1) is 9.99. The number of hydrogen-bond donors (Lipinski definition) is 1. The lowest BCUT2D eigenvalue weighted by Crippen LogP contribution is -2.45. The summed E-state index contributed by atoms with van der Waals surface area (Å²) in [5.41, 5.74) is 6.28. The molecule has 0 bridgehead atoms. The van der Waals surface area contributed by atoms with Gasteiger partial charge in [0.15, 0.2) is 0 Å². The van der Waals surface area contributed by atoms with Crippen LogP contribution >= 0.6 is 0 Å². The normalized spacial score (nSPS) is 13.5. The lowest BCUT2D eigenvalue weighted by atomic mass is 9.98. The average Bonchev–Trinajstić information content (AvgIpc) is 2.49. The zero-order valence-corrected chi connectivity index (χ0v) is 13.4. The highest BCUT2D eigenvalue weighted by Crippen LogP contribution is 2.16. The molecule has 2 N–H and O–H groups in total. The standard InChI is InChI=1S/C17H27NO3/c1-4-5-7-14-8-10-15(11-9-14)21-13-6-12-17(2,18)16(19)20-3/h8-11H,4-7,12-13,18H2,1-3H3. The number of aryl methyl sites for hydroxylation is 1. The first-order valence-electron chi connectivity index (χ1n) is 7.58. The largest absolute Gasteiger partial charge is 0.494 e. The van der Waals surface area contributed by atoms with Gasteiger partial charge in [-0.15, -0.1) is 0 Å². The van der Waals surface area contributed by atoms with Gasteiger partial charge in [0.05, 0.1) is 13.7 Å². The van der Waals surface area contributed by atoms with Gasteiger partial charge in [-0.1, -0.05) is 25.5 Å².